The van der Waals surface area contributed by atoms with Gasteiger partial charge in [0.25, 0.3) is 0 Å². The van der Waals surface area contributed by atoms with Crippen LogP contribution in [0.1, 0.15) is 19.5 Å². The van der Waals surface area contributed by atoms with Crippen molar-refractivity contribution in [3.8, 4) is 11.3 Å². The lowest BCUT2D eigenvalue weighted by Gasteiger charge is -2.04. The maximum absolute atomic E-state index is 13.5. The van der Waals surface area contributed by atoms with Gasteiger partial charge in [-0.05, 0) is 24.6 Å². The lowest BCUT2D eigenvalue weighted by atomic mass is 10.1. The fourth-order valence-electron chi connectivity index (χ4n) is 1.67. The molecule has 3 nitrogen and oxygen atoms in total. The molecule has 1 N–H and O–H groups in total. The highest BCUT2D eigenvalue weighted by Gasteiger charge is 2.10. The molecule has 0 aliphatic heterocycles. The molecule has 0 bridgehead atoms. The van der Waals surface area contributed by atoms with Crippen LogP contribution in [0, 0.1) is 11.7 Å². The van der Waals surface area contributed by atoms with Gasteiger partial charge in [0.1, 0.15) is 5.82 Å². The third kappa shape index (κ3) is 3.17. The molecule has 2 aromatic rings. The van der Waals surface area contributed by atoms with E-state index in [1.165, 1.54) is 6.07 Å². The first kappa shape index (κ1) is 12.8. The molecule has 1 heterocycles. The Kier molecular flexibility index (Phi) is 4.10. The molecular formula is C14H17FN2O. The minimum atomic E-state index is -0.296. The zero-order chi connectivity index (χ0) is 13.0. The van der Waals surface area contributed by atoms with Crippen molar-refractivity contribution in [2.45, 2.75) is 20.4 Å². The monoisotopic (exact) mass is 248 g/mol. The summed E-state index contributed by atoms with van der Waals surface area (Å²) in [5, 5.41) is 7.19. The summed E-state index contributed by atoms with van der Waals surface area (Å²) in [6, 6.07) is 8.29. The second-order valence-corrected chi connectivity index (χ2v) is 4.69. The van der Waals surface area contributed by atoms with Gasteiger partial charge in [0.05, 0.1) is 11.3 Å². The molecule has 2 rings (SSSR count). The van der Waals surface area contributed by atoms with Gasteiger partial charge >= 0.3 is 0 Å². The summed E-state index contributed by atoms with van der Waals surface area (Å²) in [6.07, 6.45) is 0. The minimum absolute atomic E-state index is 0.296. The van der Waals surface area contributed by atoms with E-state index in [-0.39, 0.29) is 5.82 Å². The highest BCUT2D eigenvalue weighted by molar-refractivity contribution is 5.57. The van der Waals surface area contributed by atoms with Crippen LogP contribution < -0.4 is 5.32 Å². The first-order valence-corrected chi connectivity index (χ1v) is 6.08. The Morgan fingerprint density at radius 1 is 1.33 bits per heavy atom. The highest BCUT2D eigenvalue weighted by Crippen LogP contribution is 2.23. The number of hydrogen-bond donors (Lipinski definition) is 1. The number of nitrogens with zero attached hydrogens (tertiary/aromatic N) is 1. The van der Waals surface area contributed by atoms with E-state index in [4.69, 9.17) is 4.52 Å². The second kappa shape index (κ2) is 5.78. The van der Waals surface area contributed by atoms with Crippen molar-refractivity contribution in [1.82, 2.24) is 10.5 Å². The van der Waals surface area contributed by atoms with Crippen molar-refractivity contribution in [2.24, 2.45) is 5.92 Å². The third-order valence-electron chi connectivity index (χ3n) is 2.56. The Morgan fingerprint density at radius 3 is 2.83 bits per heavy atom. The van der Waals surface area contributed by atoms with Gasteiger partial charge in [0.15, 0.2) is 5.76 Å². The quantitative estimate of drug-likeness (QED) is 0.882. The van der Waals surface area contributed by atoms with E-state index in [1.54, 1.807) is 24.3 Å². The molecule has 0 aliphatic carbocycles. The zero-order valence-electron chi connectivity index (χ0n) is 10.6. The summed E-state index contributed by atoms with van der Waals surface area (Å²) < 4.78 is 18.7. The summed E-state index contributed by atoms with van der Waals surface area (Å²) in [7, 11) is 0. The van der Waals surface area contributed by atoms with Crippen LogP contribution in [0.5, 0.6) is 0 Å². The maximum atomic E-state index is 13.5. The average molecular weight is 248 g/mol. The predicted octanol–water partition coefficient (Wildman–Crippen LogP) is 3.23. The SMILES string of the molecule is CC(C)CNCc1cc(-c2ccccc2F)on1. The van der Waals surface area contributed by atoms with Gasteiger partial charge in [0, 0.05) is 12.6 Å². The summed E-state index contributed by atoms with van der Waals surface area (Å²) in [4.78, 5) is 0. The lowest BCUT2D eigenvalue weighted by molar-refractivity contribution is 0.416. The standard InChI is InChI=1S/C14H17FN2O/c1-10(2)8-16-9-11-7-14(18-17-11)12-5-3-4-6-13(12)15/h3-7,10,16H,8-9H2,1-2H3. The summed E-state index contributed by atoms with van der Waals surface area (Å²) in [5.74, 6) is 0.757. The van der Waals surface area contributed by atoms with Crippen LogP contribution in [0.4, 0.5) is 4.39 Å². The second-order valence-electron chi connectivity index (χ2n) is 4.69. The largest absolute Gasteiger partial charge is 0.356 e. The molecule has 0 aliphatic rings. The average Bonchev–Trinajstić information content (AvgIpc) is 2.78. The normalized spacial score (nSPS) is 11.1. The smallest absolute Gasteiger partial charge is 0.170 e. The minimum Gasteiger partial charge on any atom is -0.356 e. The van der Waals surface area contributed by atoms with Crippen molar-refractivity contribution >= 4 is 0 Å². The highest BCUT2D eigenvalue weighted by atomic mass is 19.1. The lowest BCUT2D eigenvalue weighted by Crippen LogP contribution is -2.18. The number of benzene rings is 1. The van der Waals surface area contributed by atoms with Crippen LogP contribution in [-0.4, -0.2) is 11.7 Å². The fraction of sp³-hybridized carbons (Fsp3) is 0.357. The molecular weight excluding hydrogens is 231 g/mol. The third-order valence-corrected chi connectivity index (χ3v) is 2.56. The first-order valence-electron chi connectivity index (χ1n) is 6.08. The van der Waals surface area contributed by atoms with Crippen molar-refractivity contribution in [2.75, 3.05) is 6.54 Å². The molecule has 18 heavy (non-hydrogen) atoms. The number of hydrogen-bond acceptors (Lipinski definition) is 3. The fourth-order valence-corrected chi connectivity index (χ4v) is 1.67. The first-order chi connectivity index (χ1) is 8.66. The number of nitrogens with one attached hydrogen (secondary N) is 1. The number of halogens is 1. The van der Waals surface area contributed by atoms with Gasteiger partial charge in [-0.2, -0.15) is 0 Å². The van der Waals surface area contributed by atoms with Gasteiger partial charge in [-0.3, -0.25) is 0 Å². The van der Waals surface area contributed by atoms with E-state index in [0.29, 0.717) is 23.8 Å². The zero-order valence-corrected chi connectivity index (χ0v) is 10.6. The Morgan fingerprint density at radius 2 is 2.11 bits per heavy atom. The van der Waals surface area contributed by atoms with E-state index < -0.39 is 0 Å². The Labute approximate surface area is 106 Å². The maximum Gasteiger partial charge on any atom is 0.170 e. The molecule has 0 saturated heterocycles. The van der Waals surface area contributed by atoms with Gasteiger partial charge in [0.2, 0.25) is 0 Å². The van der Waals surface area contributed by atoms with Crippen LogP contribution in [0.25, 0.3) is 11.3 Å². The summed E-state index contributed by atoms with van der Waals surface area (Å²) >= 11 is 0. The van der Waals surface area contributed by atoms with Gasteiger partial charge in [-0.25, -0.2) is 4.39 Å². The van der Waals surface area contributed by atoms with Gasteiger partial charge in [-0.1, -0.05) is 31.1 Å². The molecule has 0 spiro atoms. The van der Waals surface area contributed by atoms with Crippen LogP contribution in [-0.2, 0) is 6.54 Å². The molecule has 96 valence electrons. The topological polar surface area (TPSA) is 38.1 Å². The van der Waals surface area contributed by atoms with E-state index >= 15 is 0 Å². The molecule has 0 amide bonds. The number of rotatable bonds is 5. The molecule has 0 saturated carbocycles. The van der Waals surface area contributed by atoms with Gasteiger partial charge in [-0.15, -0.1) is 0 Å². The molecule has 0 atom stereocenters. The molecule has 0 fully saturated rings. The van der Waals surface area contributed by atoms with Crippen molar-refractivity contribution in [3.63, 3.8) is 0 Å². The van der Waals surface area contributed by atoms with E-state index in [0.717, 1.165) is 12.2 Å². The van der Waals surface area contributed by atoms with Crippen LogP contribution >= 0.6 is 0 Å². The predicted molar refractivity (Wildman–Crippen MR) is 68.4 cm³/mol. The summed E-state index contributed by atoms with van der Waals surface area (Å²) in [6.45, 7) is 5.83. The van der Waals surface area contributed by atoms with Crippen molar-refractivity contribution in [1.29, 1.82) is 0 Å². The van der Waals surface area contributed by atoms with Gasteiger partial charge < -0.3 is 9.84 Å². The Balaban J connectivity index is 2.04. The number of aromatic nitrogens is 1. The molecule has 4 heteroatoms. The van der Waals surface area contributed by atoms with Crippen LogP contribution in [0.3, 0.4) is 0 Å². The molecule has 0 radical (unpaired) electrons. The van der Waals surface area contributed by atoms with E-state index in [9.17, 15) is 4.39 Å². The Hall–Kier alpha value is -1.68. The van der Waals surface area contributed by atoms with E-state index in [1.807, 2.05) is 0 Å². The molecule has 1 aromatic heterocycles. The Bertz CT molecular complexity index is 508. The van der Waals surface area contributed by atoms with Crippen molar-refractivity contribution < 1.29 is 8.91 Å². The van der Waals surface area contributed by atoms with Crippen LogP contribution in [0.2, 0.25) is 0 Å². The van der Waals surface area contributed by atoms with Crippen molar-refractivity contribution in [3.05, 3.63) is 41.8 Å². The summed E-state index contributed by atoms with van der Waals surface area (Å²) in [5.41, 5.74) is 1.23. The van der Waals surface area contributed by atoms with Crippen LogP contribution in [0.15, 0.2) is 34.9 Å². The molecule has 1 aromatic carbocycles. The van der Waals surface area contributed by atoms with E-state index in [2.05, 4.69) is 24.3 Å². The molecule has 0 unspecified atom stereocenters.